The van der Waals surface area contributed by atoms with Gasteiger partial charge < -0.3 is 25.1 Å². The summed E-state index contributed by atoms with van der Waals surface area (Å²) in [5.74, 6) is -1.13. The monoisotopic (exact) mass is 292 g/mol. The number of carbonyl (C=O) groups excluding carboxylic acids is 2. The van der Waals surface area contributed by atoms with Gasteiger partial charge in [-0.3, -0.25) is 4.79 Å². The maximum absolute atomic E-state index is 13.2. The second-order valence-corrected chi connectivity index (χ2v) is 4.21. The molecular weight excluding hydrogens is 281 g/mol. The Morgan fingerprint density at radius 3 is 2.81 bits per heavy atom. The Morgan fingerprint density at radius 1 is 1.38 bits per heavy atom. The molecule has 2 N–H and O–H groups in total. The van der Waals surface area contributed by atoms with E-state index >= 15 is 0 Å². The average Bonchev–Trinajstić information content (AvgIpc) is 2.86. The van der Waals surface area contributed by atoms with Crippen LogP contribution in [0.2, 0.25) is 0 Å². The van der Waals surface area contributed by atoms with Gasteiger partial charge in [0.25, 0.3) is 5.91 Å². The molecule has 2 aromatic rings. The van der Waals surface area contributed by atoms with Crippen LogP contribution in [0.15, 0.2) is 35.1 Å². The zero-order chi connectivity index (χ0) is 15.4. The summed E-state index contributed by atoms with van der Waals surface area (Å²) >= 11 is 0. The molecule has 7 nitrogen and oxygen atoms in total. The Labute approximate surface area is 118 Å². The van der Waals surface area contributed by atoms with E-state index in [-0.39, 0.29) is 5.69 Å². The van der Waals surface area contributed by atoms with Crippen LogP contribution in [0.3, 0.4) is 0 Å². The van der Waals surface area contributed by atoms with Crippen LogP contribution in [-0.2, 0) is 0 Å². The number of carbonyl (C=O) groups is 2. The zero-order valence-corrected chi connectivity index (χ0v) is 10.9. The molecule has 0 spiro atoms. The molecule has 1 heterocycles. The number of halogens is 1. The van der Waals surface area contributed by atoms with Gasteiger partial charge in [-0.15, -0.1) is 0 Å². The first-order valence-electron chi connectivity index (χ1n) is 5.96. The molecule has 1 aromatic carbocycles. The van der Waals surface area contributed by atoms with Crippen molar-refractivity contribution in [3.8, 4) is 11.1 Å². The van der Waals surface area contributed by atoms with Crippen LogP contribution in [0.4, 0.5) is 9.18 Å². The lowest BCUT2D eigenvalue weighted by Crippen LogP contribution is -2.50. The Hall–Kier alpha value is -2.90. The molecule has 0 saturated carbocycles. The van der Waals surface area contributed by atoms with Crippen molar-refractivity contribution < 1.29 is 23.6 Å². The molecule has 8 heteroatoms. The summed E-state index contributed by atoms with van der Waals surface area (Å²) in [5, 5.41) is 18.2. The molecule has 0 bridgehead atoms. The number of benzene rings is 1. The number of hydrogen-bond donors (Lipinski definition) is 2. The fourth-order valence-corrected chi connectivity index (χ4v) is 1.74. The molecule has 21 heavy (non-hydrogen) atoms. The van der Waals surface area contributed by atoms with Gasteiger partial charge in [-0.1, -0.05) is 17.3 Å². The number of carboxylic acid groups (broad SMARTS) is 1. The van der Waals surface area contributed by atoms with E-state index in [0.29, 0.717) is 11.1 Å². The molecule has 110 valence electrons. The van der Waals surface area contributed by atoms with Crippen LogP contribution in [0.25, 0.3) is 11.1 Å². The van der Waals surface area contributed by atoms with Crippen molar-refractivity contribution >= 4 is 12.0 Å². The molecule has 0 aliphatic heterocycles. The molecule has 0 fully saturated rings. The van der Waals surface area contributed by atoms with Gasteiger partial charge >= 0.3 is 0 Å². The lowest BCUT2D eigenvalue weighted by atomic mass is 10.1. The Kier molecular flexibility index (Phi) is 4.17. The Morgan fingerprint density at radius 2 is 2.14 bits per heavy atom. The quantitative estimate of drug-likeness (QED) is 0.797. The van der Waals surface area contributed by atoms with Gasteiger partial charge in [0.05, 0.1) is 11.7 Å². The van der Waals surface area contributed by atoms with E-state index in [1.165, 1.54) is 31.4 Å². The largest absolute Gasteiger partial charge is 0.530 e. The van der Waals surface area contributed by atoms with Gasteiger partial charge in [-0.2, -0.15) is 0 Å². The maximum atomic E-state index is 13.2. The standard InChI is InChI=1S/C13H12FN3O4/c1-7(16-13(19)20)15-12(18)11-10(6-21-17-11)8-3-2-4-9(14)5-8/h2-7,16H,1H3,(H,15,18)(H,19,20)/p-1. The number of aromatic nitrogens is 1. The first-order chi connectivity index (χ1) is 9.97. The van der Waals surface area contributed by atoms with Crippen LogP contribution in [0.5, 0.6) is 0 Å². The summed E-state index contributed by atoms with van der Waals surface area (Å²) in [6, 6.07) is 5.57. The molecule has 2 amide bonds. The lowest BCUT2D eigenvalue weighted by Gasteiger charge is -2.16. The van der Waals surface area contributed by atoms with Crippen molar-refractivity contribution in [1.29, 1.82) is 0 Å². The van der Waals surface area contributed by atoms with Gasteiger partial charge in [0.2, 0.25) is 0 Å². The first kappa shape index (κ1) is 14.5. The van der Waals surface area contributed by atoms with Crippen molar-refractivity contribution in [1.82, 2.24) is 15.8 Å². The number of amides is 2. The highest BCUT2D eigenvalue weighted by Gasteiger charge is 2.19. The summed E-state index contributed by atoms with van der Waals surface area (Å²) in [5.41, 5.74) is 0.641. The molecule has 1 atom stereocenters. The van der Waals surface area contributed by atoms with E-state index in [4.69, 9.17) is 4.52 Å². The SMILES string of the molecule is CC(NC(=O)[O-])NC(=O)c1nocc1-c1cccc(F)c1. The number of rotatable bonds is 4. The predicted octanol–water partition coefficient (Wildman–Crippen LogP) is 0.489. The van der Waals surface area contributed by atoms with Gasteiger partial charge in [0.1, 0.15) is 18.2 Å². The topological polar surface area (TPSA) is 107 Å². The zero-order valence-electron chi connectivity index (χ0n) is 10.9. The van der Waals surface area contributed by atoms with E-state index in [2.05, 4.69) is 10.5 Å². The molecule has 2 rings (SSSR count). The normalized spacial score (nSPS) is 11.7. The summed E-state index contributed by atoms with van der Waals surface area (Å²) in [6.45, 7) is 1.41. The van der Waals surface area contributed by atoms with Crippen molar-refractivity contribution in [2.75, 3.05) is 0 Å². The fourth-order valence-electron chi connectivity index (χ4n) is 1.74. The van der Waals surface area contributed by atoms with E-state index < -0.39 is 24.0 Å². The second kappa shape index (κ2) is 6.04. The molecule has 0 radical (unpaired) electrons. The van der Waals surface area contributed by atoms with Gasteiger partial charge in [0.15, 0.2) is 5.69 Å². The Bertz CT molecular complexity index is 671. The number of nitrogens with one attached hydrogen (secondary N) is 2. The minimum atomic E-state index is -1.52. The minimum absolute atomic E-state index is 0.0763. The Balaban J connectivity index is 2.20. The predicted molar refractivity (Wildman–Crippen MR) is 67.4 cm³/mol. The summed E-state index contributed by atoms with van der Waals surface area (Å²) in [4.78, 5) is 22.4. The van der Waals surface area contributed by atoms with Gasteiger partial charge in [0, 0.05) is 0 Å². The van der Waals surface area contributed by atoms with Crippen molar-refractivity contribution in [3.05, 3.63) is 42.0 Å². The highest BCUT2D eigenvalue weighted by molar-refractivity contribution is 5.98. The van der Waals surface area contributed by atoms with Gasteiger partial charge in [-0.05, 0) is 24.6 Å². The minimum Gasteiger partial charge on any atom is -0.530 e. The third-order valence-electron chi connectivity index (χ3n) is 2.60. The number of hydrogen-bond acceptors (Lipinski definition) is 5. The summed E-state index contributed by atoms with van der Waals surface area (Å²) in [7, 11) is 0. The lowest BCUT2D eigenvalue weighted by molar-refractivity contribution is -0.251. The molecule has 0 aliphatic carbocycles. The van der Waals surface area contributed by atoms with Crippen LogP contribution < -0.4 is 15.7 Å². The van der Waals surface area contributed by atoms with E-state index in [0.717, 1.165) is 0 Å². The van der Waals surface area contributed by atoms with Crippen LogP contribution >= 0.6 is 0 Å². The molecular formula is C13H11FN3O4-. The smallest absolute Gasteiger partial charge is 0.275 e. The molecule has 1 aromatic heterocycles. The van der Waals surface area contributed by atoms with Crippen molar-refractivity contribution in [2.45, 2.75) is 13.1 Å². The maximum Gasteiger partial charge on any atom is 0.275 e. The fraction of sp³-hybridized carbons (Fsp3) is 0.154. The summed E-state index contributed by atoms with van der Waals surface area (Å²) < 4.78 is 18.0. The van der Waals surface area contributed by atoms with Crippen LogP contribution in [0.1, 0.15) is 17.4 Å². The van der Waals surface area contributed by atoms with E-state index in [1.807, 2.05) is 5.32 Å². The first-order valence-corrected chi connectivity index (χ1v) is 5.96. The van der Waals surface area contributed by atoms with Gasteiger partial charge in [-0.25, -0.2) is 4.39 Å². The highest BCUT2D eigenvalue weighted by Crippen LogP contribution is 2.23. The second-order valence-electron chi connectivity index (χ2n) is 4.21. The van der Waals surface area contributed by atoms with E-state index in [1.54, 1.807) is 6.07 Å². The van der Waals surface area contributed by atoms with E-state index in [9.17, 15) is 19.1 Å². The average molecular weight is 292 g/mol. The number of nitrogens with zero attached hydrogens (tertiary/aromatic N) is 1. The third kappa shape index (κ3) is 3.56. The summed E-state index contributed by atoms with van der Waals surface area (Å²) in [6.07, 6.45) is -1.19. The highest BCUT2D eigenvalue weighted by atomic mass is 19.1. The van der Waals surface area contributed by atoms with Crippen LogP contribution in [-0.4, -0.2) is 23.3 Å². The molecule has 0 aliphatic rings. The third-order valence-corrected chi connectivity index (χ3v) is 2.60. The van der Waals surface area contributed by atoms with Crippen molar-refractivity contribution in [3.63, 3.8) is 0 Å². The molecule has 0 saturated heterocycles. The molecule has 1 unspecified atom stereocenters. The van der Waals surface area contributed by atoms with Crippen molar-refractivity contribution in [2.24, 2.45) is 0 Å². The van der Waals surface area contributed by atoms with Crippen LogP contribution in [0, 0.1) is 5.82 Å².